The Morgan fingerprint density at radius 3 is 2.93 bits per heavy atom. The van der Waals surface area contributed by atoms with Crippen molar-refractivity contribution in [2.75, 3.05) is 0 Å². The summed E-state index contributed by atoms with van der Waals surface area (Å²) >= 11 is 11.7. The van der Waals surface area contributed by atoms with Crippen LogP contribution in [0.25, 0.3) is 10.1 Å². The van der Waals surface area contributed by atoms with Gasteiger partial charge in [-0.3, -0.25) is 4.79 Å². The molecule has 2 aromatic rings. The van der Waals surface area contributed by atoms with Crippen LogP contribution in [0.4, 0.5) is 0 Å². The van der Waals surface area contributed by atoms with Crippen LogP contribution in [-0.4, -0.2) is 6.29 Å². The van der Waals surface area contributed by atoms with E-state index in [-0.39, 0.29) is 0 Å². The molecule has 1 aromatic carbocycles. The summed E-state index contributed by atoms with van der Waals surface area (Å²) in [5.74, 6) is 0.441. The molecule has 0 saturated heterocycles. The average Bonchev–Trinajstić information content (AvgIpc) is 2.55. The van der Waals surface area contributed by atoms with E-state index in [1.165, 1.54) is 0 Å². The third-order valence-electron chi connectivity index (χ3n) is 2.04. The minimum atomic E-state index is 0.441. The van der Waals surface area contributed by atoms with Crippen molar-refractivity contribution < 1.29 is 4.79 Å². The number of aldehydes is 1. The molecule has 0 N–H and O–H groups in total. The molecule has 0 fully saturated rings. The zero-order chi connectivity index (χ0) is 10.1. The van der Waals surface area contributed by atoms with Crippen LogP contribution in [0.1, 0.15) is 15.2 Å². The fourth-order valence-electron chi connectivity index (χ4n) is 1.40. The molecule has 0 radical (unpaired) electrons. The summed E-state index contributed by atoms with van der Waals surface area (Å²) in [7, 11) is 0. The van der Waals surface area contributed by atoms with E-state index in [1.807, 2.05) is 12.1 Å². The molecule has 4 heteroatoms. The molecular formula is C10H7ClOS2. The van der Waals surface area contributed by atoms with Crippen molar-refractivity contribution in [3.8, 4) is 0 Å². The Kier molecular flexibility index (Phi) is 2.81. The largest absolute Gasteiger partial charge is 0.298 e. The van der Waals surface area contributed by atoms with Crippen molar-refractivity contribution in [3.05, 3.63) is 28.6 Å². The maximum absolute atomic E-state index is 10.8. The fraction of sp³-hybridized carbons (Fsp3) is 0.100. The van der Waals surface area contributed by atoms with E-state index in [4.69, 9.17) is 11.6 Å². The minimum Gasteiger partial charge on any atom is -0.298 e. The van der Waals surface area contributed by atoms with E-state index in [0.29, 0.717) is 11.4 Å². The van der Waals surface area contributed by atoms with Gasteiger partial charge in [0.05, 0.1) is 5.88 Å². The van der Waals surface area contributed by atoms with E-state index in [2.05, 4.69) is 12.6 Å². The summed E-state index contributed by atoms with van der Waals surface area (Å²) < 4.78 is 1.07. The lowest BCUT2D eigenvalue weighted by atomic mass is 10.1. The minimum absolute atomic E-state index is 0.441. The highest BCUT2D eigenvalue weighted by Gasteiger charge is 2.11. The van der Waals surface area contributed by atoms with Crippen LogP contribution < -0.4 is 0 Å². The van der Waals surface area contributed by atoms with Crippen molar-refractivity contribution in [2.45, 2.75) is 10.8 Å². The number of carbonyl (C=O) groups is 1. The van der Waals surface area contributed by atoms with E-state index in [1.54, 1.807) is 17.4 Å². The zero-order valence-electron chi connectivity index (χ0n) is 7.16. The number of thiophene rings is 1. The number of halogens is 1. The normalized spacial score (nSPS) is 10.7. The molecule has 1 nitrogen and oxygen atoms in total. The third-order valence-corrected chi connectivity index (χ3v) is 4.27. The highest BCUT2D eigenvalue weighted by Crippen LogP contribution is 2.36. The molecule has 2 rings (SSSR count). The Labute approximate surface area is 96.1 Å². The molecule has 0 atom stereocenters. The predicted molar refractivity (Wildman–Crippen MR) is 64.0 cm³/mol. The van der Waals surface area contributed by atoms with Gasteiger partial charge in [0.25, 0.3) is 0 Å². The van der Waals surface area contributed by atoms with Crippen LogP contribution in [0.2, 0.25) is 0 Å². The van der Waals surface area contributed by atoms with Gasteiger partial charge < -0.3 is 0 Å². The number of rotatable bonds is 2. The molecule has 1 heterocycles. The molecule has 0 aliphatic carbocycles. The molecule has 0 amide bonds. The number of fused-ring (bicyclic) bond motifs is 1. The second-order valence-corrected chi connectivity index (χ2v) is 4.70. The average molecular weight is 243 g/mol. The van der Waals surface area contributed by atoms with Gasteiger partial charge in [-0.15, -0.1) is 35.6 Å². The van der Waals surface area contributed by atoms with Crippen molar-refractivity contribution in [1.29, 1.82) is 0 Å². The first kappa shape index (κ1) is 10.0. The first-order valence-corrected chi connectivity index (χ1v) is 5.82. The van der Waals surface area contributed by atoms with Crippen LogP contribution in [0.3, 0.4) is 0 Å². The van der Waals surface area contributed by atoms with Gasteiger partial charge >= 0.3 is 0 Å². The Morgan fingerprint density at radius 2 is 2.29 bits per heavy atom. The topological polar surface area (TPSA) is 17.1 Å². The number of thiol groups is 1. The maximum atomic E-state index is 10.8. The van der Waals surface area contributed by atoms with Gasteiger partial charge in [0.15, 0.2) is 6.29 Å². The molecule has 0 saturated carbocycles. The summed E-state index contributed by atoms with van der Waals surface area (Å²) in [4.78, 5) is 12.7. The van der Waals surface area contributed by atoms with Crippen LogP contribution in [-0.2, 0) is 5.88 Å². The van der Waals surface area contributed by atoms with Gasteiger partial charge in [-0.05, 0) is 6.07 Å². The van der Waals surface area contributed by atoms with Gasteiger partial charge in [-0.1, -0.05) is 12.1 Å². The van der Waals surface area contributed by atoms with Crippen LogP contribution >= 0.6 is 35.6 Å². The Bertz CT molecular complexity index is 490. The molecule has 1 aromatic heterocycles. The molecule has 0 bridgehead atoms. The number of hydrogen-bond donors (Lipinski definition) is 1. The van der Waals surface area contributed by atoms with Crippen molar-refractivity contribution in [3.63, 3.8) is 0 Å². The smallest absolute Gasteiger partial charge is 0.150 e. The van der Waals surface area contributed by atoms with Gasteiger partial charge in [0, 0.05) is 25.4 Å². The summed E-state index contributed by atoms with van der Waals surface area (Å²) in [5, 5.41) is 0.923. The number of carbonyl (C=O) groups excluding carboxylic acids is 1. The van der Waals surface area contributed by atoms with Crippen molar-refractivity contribution in [2.24, 2.45) is 0 Å². The zero-order valence-corrected chi connectivity index (χ0v) is 9.63. The molecule has 0 aliphatic rings. The van der Waals surface area contributed by atoms with Crippen molar-refractivity contribution >= 4 is 51.9 Å². The van der Waals surface area contributed by atoms with Crippen molar-refractivity contribution in [1.82, 2.24) is 0 Å². The first-order chi connectivity index (χ1) is 6.77. The number of alkyl halides is 1. The predicted octanol–water partition coefficient (Wildman–Crippen LogP) is 3.74. The van der Waals surface area contributed by atoms with Crippen LogP contribution in [0.15, 0.2) is 23.1 Å². The second-order valence-electron chi connectivity index (χ2n) is 2.85. The lowest BCUT2D eigenvalue weighted by Crippen LogP contribution is -1.80. The molecule has 0 unspecified atom stereocenters. The SMILES string of the molecule is O=Cc1cccc2sc(CCl)c(S)c12. The quantitative estimate of drug-likeness (QED) is 0.482. The van der Waals surface area contributed by atoms with Gasteiger partial charge in [-0.25, -0.2) is 0 Å². The molecule has 14 heavy (non-hydrogen) atoms. The fourth-order valence-corrected chi connectivity index (χ4v) is 3.31. The summed E-state index contributed by atoms with van der Waals surface area (Å²) in [6, 6.07) is 5.64. The molecule has 0 aliphatic heterocycles. The lowest BCUT2D eigenvalue weighted by molar-refractivity contribution is 0.112. The lowest BCUT2D eigenvalue weighted by Gasteiger charge is -1.95. The van der Waals surface area contributed by atoms with Gasteiger partial charge in [0.1, 0.15) is 0 Å². The Morgan fingerprint density at radius 1 is 1.50 bits per heavy atom. The third kappa shape index (κ3) is 1.45. The van der Waals surface area contributed by atoms with E-state index < -0.39 is 0 Å². The molecular weight excluding hydrogens is 236 g/mol. The van der Waals surface area contributed by atoms with E-state index in [9.17, 15) is 4.79 Å². The summed E-state index contributed by atoms with van der Waals surface area (Å²) in [5.41, 5.74) is 0.681. The number of hydrogen-bond acceptors (Lipinski definition) is 3. The van der Waals surface area contributed by atoms with Gasteiger partial charge in [-0.2, -0.15) is 0 Å². The van der Waals surface area contributed by atoms with Crippen LogP contribution in [0.5, 0.6) is 0 Å². The molecule has 0 spiro atoms. The summed E-state index contributed by atoms with van der Waals surface area (Å²) in [6.45, 7) is 0. The monoisotopic (exact) mass is 242 g/mol. The molecule has 72 valence electrons. The Hall–Kier alpha value is -0.510. The number of benzene rings is 1. The van der Waals surface area contributed by atoms with E-state index >= 15 is 0 Å². The standard InChI is InChI=1S/C10H7ClOS2/c11-4-8-10(13)9-6(5-12)2-1-3-7(9)14-8/h1-3,5,13H,4H2. The highest BCUT2D eigenvalue weighted by atomic mass is 35.5. The van der Waals surface area contributed by atoms with Gasteiger partial charge in [0.2, 0.25) is 0 Å². The first-order valence-electron chi connectivity index (χ1n) is 4.02. The highest BCUT2D eigenvalue weighted by molar-refractivity contribution is 7.80. The van der Waals surface area contributed by atoms with Crippen LogP contribution in [0, 0.1) is 0 Å². The summed E-state index contributed by atoms with van der Waals surface area (Å²) in [6.07, 6.45) is 0.854. The Balaban J connectivity index is 2.85. The van der Waals surface area contributed by atoms with E-state index in [0.717, 1.165) is 26.1 Å². The second kappa shape index (κ2) is 3.93. The maximum Gasteiger partial charge on any atom is 0.150 e.